The van der Waals surface area contributed by atoms with E-state index in [4.69, 9.17) is 10.8 Å². The van der Waals surface area contributed by atoms with Crippen LogP contribution in [-0.2, 0) is 16.1 Å². The lowest BCUT2D eigenvalue weighted by Crippen LogP contribution is -2.47. The van der Waals surface area contributed by atoms with Crippen LogP contribution in [0.3, 0.4) is 0 Å². The van der Waals surface area contributed by atoms with Gasteiger partial charge in [0.15, 0.2) is 0 Å². The lowest BCUT2D eigenvalue weighted by atomic mass is 10.4. The van der Waals surface area contributed by atoms with Crippen molar-refractivity contribution in [3.8, 4) is 0 Å². The largest absolute Gasteiger partial charge is 0.480 e. The Morgan fingerprint density at radius 1 is 1.45 bits per heavy atom. The highest BCUT2D eigenvalue weighted by Gasteiger charge is 2.18. The Hall–Kier alpha value is -2.58. The Balaban J connectivity index is 2.44. The lowest BCUT2D eigenvalue weighted by Gasteiger charge is -2.19. The van der Waals surface area contributed by atoms with E-state index in [1.165, 1.54) is 0 Å². The quantitative estimate of drug-likeness (QED) is 0.577. The molecule has 0 saturated heterocycles. The van der Waals surface area contributed by atoms with Gasteiger partial charge in [0.25, 0.3) is 0 Å². The van der Waals surface area contributed by atoms with Crippen molar-refractivity contribution in [1.82, 2.24) is 20.0 Å². The van der Waals surface area contributed by atoms with Gasteiger partial charge in [0.05, 0.1) is 12.7 Å². The summed E-state index contributed by atoms with van der Waals surface area (Å²) in [4.78, 5) is 33.9. The topological polar surface area (TPSA) is 131 Å². The number of aromatic nitrogens is 2. The Bertz CT molecular complexity index is 483. The summed E-state index contributed by atoms with van der Waals surface area (Å²) < 4.78 is 1.64. The van der Waals surface area contributed by atoms with Crippen molar-refractivity contribution in [2.75, 3.05) is 19.6 Å². The van der Waals surface area contributed by atoms with Gasteiger partial charge in [-0.25, -0.2) is 4.79 Å². The molecule has 9 nitrogen and oxygen atoms in total. The number of nitrogens with two attached hydrogens (primary N) is 1. The first-order valence-electron chi connectivity index (χ1n) is 5.90. The number of hydrogen-bond acceptors (Lipinski definition) is 4. The maximum Gasteiger partial charge on any atom is 0.323 e. The fourth-order valence-corrected chi connectivity index (χ4v) is 1.53. The number of hydrogen-bond donors (Lipinski definition) is 3. The molecule has 0 fully saturated rings. The number of urea groups is 1. The minimum Gasteiger partial charge on any atom is -0.480 e. The molecule has 0 aliphatic carbocycles. The number of carbonyl (C=O) groups is 3. The van der Waals surface area contributed by atoms with Crippen LogP contribution in [0.15, 0.2) is 12.4 Å². The summed E-state index contributed by atoms with van der Waals surface area (Å²) in [6.45, 7) is 1.56. The highest BCUT2D eigenvalue weighted by molar-refractivity contribution is 5.85. The van der Waals surface area contributed by atoms with Crippen LogP contribution in [0, 0.1) is 6.92 Å². The predicted octanol–water partition coefficient (Wildman–Crippen LogP) is -1.23. The molecule has 0 bridgehead atoms. The summed E-state index contributed by atoms with van der Waals surface area (Å²) in [7, 11) is 0. The summed E-state index contributed by atoms with van der Waals surface area (Å²) in [5.74, 6) is -1.99. The molecule has 1 heterocycles. The fraction of sp³-hybridized carbons (Fsp3) is 0.455. The normalized spacial score (nSPS) is 10.1. The molecule has 0 radical (unpaired) electrons. The standard InChI is InChI=1S/C11H17N5O4/c1-8-4-14-16(5-8)3-2-13-11(20)15(6-9(12)17)7-10(18)19/h4-5H,2-3,6-7H2,1H3,(H2,12,17)(H,13,20)(H,18,19). The van der Waals surface area contributed by atoms with Crippen molar-refractivity contribution in [3.63, 3.8) is 0 Å². The second-order valence-corrected chi connectivity index (χ2v) is 4.23. The molecule has 1 aromatic heterocycles. The Morgan fingerprint density at radius 3 is 2.65 bits per heavy atom. The predicted molar refractivity (Wildman–Crippen MR) is 68.8 cm³/mol. The number of nitrogens with zero attached hydrogens (tertiary/aromatic N) is 3. The number of carboxylic acids is 1. The molecule has 0 aliphatic heterocycles. The van der Waals surface area contributed by atoms with Gasteiger partial charge in [-0.05, 0) is 12.5 Å². The van der Waals surface area contributed by atoms with Crippen LogP contribution >= 0.6 is 0 Å². The molecule has 110 valence electrons. The second kappa shape index (κ2) is 7.12. The minimum atomic E-state index is -1.22. The number of rotatable bonds is 7. The highest BCUT2D eigenvalue weighted by Crippen LogP contribution is 1.94. The molecular weight excluding hydrogens is 266 g/mol. The third-order valence-electron chi connectivity index (χ3n) is 2.34. The van der Waals surface area contributed by atoms with E-state index in [9.17, 15) is 14.4 Å². The second-order valence-electron chi connectivity index (χ2n) is 4.23. The number of aliphatic carboxylic acids is 1. The van der Waals surface area contributed by atoms with Crippen molar-refractivity contribution in [2.24, 2.45) is 5.73 Å². The van der Waals surface area contributed by atoms with Crippen LogP contribution in [0.5, 0.6) is 0 Å². The summed E-state index contributed by atoms with van der Waals surface area (Å²) in [6.07, 6.45) is 3.50. The van der Waals surface area contributed by atoms with Gasteiger partial charge in [-0.2, -0.15) is 5.10 Å². The van der Waals surface area contributed by atoms with E-state index in [0.29, 0.717) is 6.54 Å². The van der Waals surface area contributed by atoms with Gasteiger partial charge in [0.1, 0.15) is 13.1 Å². The van der Waals surface area contributed by atoms with Crippen LogP contribution in [0.25, 0.3) is 0 Å². The van der Waals surface area contributed by atoms with E-state index >= 15 is 0 Å². The summed E-state index contributed by atoms with van der Waals surface area (Å²) in [6, 6.07) is -0.657. The number of primary amides is 1. The number of carbonyl (C=O) groups excluding carboxylic acids is 2. The van der Waals surface area contributed by atoms with E-state index in [2.05, 4.69) is 10.4 Å². The van der Waals surface area contributed by atoms with E-state index < -0.39 is 31.0 Å². The van der Waals surface area contributed by atoms with Crippen LogP contribution in [-0.4, -0.2) is 57.3 Å². The molecule has 0 aliphatic rings. The van der Waals surface area contributed by atoms with Crippen molar-refractivity contribution >= 4 is 17.9 Å². The Kier molecular flexibility index (Phi) is 5.51. The first-order chi connectivity index (χ1) is 9.38. The molecule has 0 atom stereocenters. The first kappa shape index (κ1) is 15.5. The van der Waals surface area contributed by atoms with Gasteiger partial charge in [0.2, 0.25) is 5.91 Å². The maximum absolute atomic E-state index is 11.7. The molecular formula is C11H17N5O4. The minimum absolute atomic E-state index is 0.259. The Morgan fingerprint density at radius 2 is 2.15 bits per heavy atom. The third kappa shape index (κ3) is 5.38. The molecule has 1 rings (SSSR count). The summed E-state index contributed by atoms with van der Waals surface area (Å²) >= 11 is 0. The van der Waals surface area contributed by atoms with Gasteiger partial charge >= 0.3 is 12.0 Å². The van der Waals surface area contributed by atoms with Gasteiger partial charge < -0.3 is 21.1 Å². The number of aryl methyl sites for hydroxylation is 1. The molecule has 1 aromatic rings. The van der Waals surface area contributed by atoms with Crippen molar-refractivity contribution in [1.29, 1.82) is 0 Å². The highest BCUT2D eigenvalue weighted by atomic mass is 16.4. The average Bonchev–Trinajstić information content (AvgIpc) is 2.73. The van der Waals surface area contributed by atoms with Gasteiger partial charge in [-0.15, -0.1) is 0 Å². The van der Waals surface area contributed by atoms with E-state index in [1.807, 2.05) is 13.1 Å². The number of carboxylic acid groups (broad SMARTS) is 1. The van der Waals surface area contributed by atoms with E-state index in [0.717, 1.165) is 10.5 Å². The average molecular weight is 283 g/mol. The monoisotopic (exact) mass is 283 g/mol. The number of amides is 3. The van der Waals surface area contributed by atoms with Crippen molar-refractivity contribution in [3.05, 3.63) is 18.0 Å². The van der Waals surface area contributed by atoms with Crippen LogP contribution < -0.4 is 11.1 Å². The van der Waals surface area contributed by atoms with E-state index in [-0.39, 0.29) is 6.54 Å². The molecule has 0 aromatic carbocycles. The van der Waals surface area contributed by atoms with Gasteiger partial charge in [-0.3, -0.25) is 14.3 Å². The van der Waals surface area contributed by atoms with E-state index in [1.54, 1.807) is 10.9 Å². The van der Waals surface area contributed by atoms with Crippen LogP contribution in [0.4, 0.5) is 4.79 Å². The van der Waals surface area contributed by atoms with Crippen molar-refractivity contribution in [2.45, 2.75) is 13.5 Å². The molecule has 9 heteroatoms. The zero-order chi connectivity index (χ0) is 15.1. The molecule has 0 unspecified atom stereocenters. The fourth-order valence-electron chi connectivity index (χ4n) is 1.53. The van der Waals surface area contributed by atoms with Gasteiger partial charge in [-0.1, -0.05) is 0 Å². The van der Waals surface area contributed by atoms with Crippen molar-refractivity contribution < 1.29 is 19.5 Å². The van der Waals surface area contributed by atoms with Gasteiger partial charge in [0, 0.05) is 12.7 Å². The number of nitrogens with one attached hydrogen (secondary N) is 1. The first-order valence-corrected chi connectivity index (χ1v) is 5.90. The zero-order valence-corrected chi connectivity index (χ0v) is 11.1. The molecule has 0 spiro atoms. The summed E-state index contributed by atoms with van der Waals surface area (Å²) in [5, 5.41) is 15.2. The molecule has 0 saturated carbocycles. The lowest BCUT2D eigenvalue weighted by molar-refractivity contribution is -0.137. The van der Waals surface area contributed by atoms with Crippen LogP contribution in [0.1, 0.15) is 5.56 Å². The molecule has 20 heavy (non-hydrogen) atoms. The maximum atomic E-state index is 11.7. The Labute approximate surface area is 115 Å². The molecule has 3 amide bonds. The smallest absolute Gasteiger partial charge is 0.323 e. The summed E-state index contributed by atoms with van der Waals surface area (Å²) in [5.41, 5.74) is 5.96. The van der Waals surface area contributed by atoms with Crippen LogP contribution in [0.2, 0.25) is 0 Å². The third-order valence-corrected chi connectivity index (χ3v) is 2.34. The molecule has 4 N–H and O–H groups in total. The SMILES string of the molecule is Cc1cnn(CCNC(=O)N(CC(N)=O)CC(=O)O)c1. The zero-order valence-electron chi connectivity index (χ0n) is 11.1.